The van der Waals surface area contributed by atoms with E-state index in [0.717, 1.165) is 4.88 Å². The Morgan fingerprint density at radius 3 is 2.52 bits per heavy atom. The number of amides is 1. The topological polar surface area (TPSA) is 101 Å². The fourth-order valence-corrected chi connectivity index (χ4v) is 3.80. The third-order valence-corrected chi connectivity index (χ3v) is 5.94. The zero-order valence-corrected chi connectivity index (χ0v) is 16.2. The number of nitrogens with zero attached hydrogens (tertiary/aromatic N) is 1. The van der Waals surface area contributed by atoms with E-state index >= 15 is 0 Å². The molecule has 1 aromatic carbocycles. The summed E-state index contributed by atoms with van der Waals surface area (Å²) in [5.74, 6) is -0.214. The van der Waals surface area contributed by atoms with E-state index in [4.69, 9.17) is 4.52 Å². The number of hydrogen-bond acceptors (Lipinski definition) is 6. The number of rotatable bonds is 6. The molecule has 0 bridgehead atoms. The van der Waals surface area contributed by atoms with Crippen molar-refractivity contribution in [3.05, 3.63) is 64.0 Å². The number of benzene rings is 1. The molecule has 1 amide bonds. The lowest BCUT2D eigenvalue weighted by Crippen LogP contribution is -2.13. The molecular weight excluding hydrogens is 386 g/mol. The highest BCUT2D eigenvalue weighted by molar-refractivity contribution is 7.92. The van der Waals surface area contributed by atoms with Gasteiger partial charge in [0.1, 0.15) is 0 Å². The van der Waals surface area contributed by atoms with Gasteiger partial charge < -0.3 is 9.84 Å². The molecule has 0 saturated carbocycles. The average Bonchev–Trinajstić information content (AvgIpc) is 3.26. The Morgan fingerprint density at radius 1 is 1.19 bits per heavy atom. The van der Waals surface area contributed by atoms with Crippen LogP contribution >= 0.6 is 11.3 Å². The van der Waals surface area contributed by atoms with Crippen molar-refractivity contribution >= 4 is 44.9 Å². The summed E-state index contributed by atoms with van der Waals surface area (Å²) < 4.78 is 32.2. The molecule has 2 heterocycles. The molecule has 7 nitrogen and oxygen atoms in total. The lowest BCUT2D eigenvalue weighted by atomic mass is 10.3. The van der Waals surface area contributed by atoms with Gasteiger partial charge in [-0.2, -0.15) is 0 Å². The van der Waals surface area contributed by atoms with Crippen LogP contribution in [0.25, 0.3) is 6.08 Å². The maximum absolute atomic E-state index is 12.4. The number of aryl methyl sites for hydroxylation is 1. The van der Waals surface area contributed by atoms with Crippen molar-refractivity contribution in [2.45, 2.75) is 18.7 Å². The average molecular weight is 403 g/mol. The Morgan fingerprint density at radius 2 is 1.93 bits per heavy atom. The van der Waals surface area contributed by atoms with Gasteiger partial charge in [-0.15, -0.1) is 11.3 Å². The summed E-state index contributed by atoms with van der Waals surface area (Å²) in [4.78, 5) is 12.9. The molecule has 3 rings (SSSR count). The van der Waals surface area contributed by atoms with Crippen molar-refractivity contribution in [1.29, 1.82) is 0 Å². The summed E-state index contributed by atoms with van der Waals surface area (Å²) in [6.07, 6.45) is 3.14. The molecule has 2 aromatic heterocycles. The van der Waals surface area contributed by atoms with Gasteiger partial charge in [0, 0.05) is 22.2 Å². The first-order valence-corrected chi connectivity index (χ1v) is 10.3. The lowest BCUT2D eigenvalue weighted by Gasteiger charge is -2.07. The van der Waals surface area contributed by atoms with E-state index in [-0.39, 0.29) is 16.7 Å². The molecule has 0 aliphatic carbocycles. The first kappa shape index (κ1) is 18.9. The minimum Gasteiger partial charge on any atom is -0.337 e. The van der Waals surface area contributed by atoms with Crippen molar-refractivity contribution in [2.24, 2.45) is 0 Å². The number of nitrogens with one attached hydrogen (secondary N) is 2. The molecule has 0 unspecified atom stereocenters. The van der Waals surface area contributed by atoms with Gasteiger partial charge in [-0.3, -0.25) is 4.79 Å². The minimum absolute atomic E-state index is 0.0445. The van der Waals surface area contributed by atoms with Crippen LogP contribution in [0, 0.1) is 13.8 Å². The molecular formula is C18H17N3O4S2. The lowest BCUT2D eigenvalue weighted by molar-refractivity contribution is -0.111. The SMILES string of the molecule is Cc1noc(NS(=O)(=O)c2ccc(NC(=O)C=Cc3cccs3)cc2)c1C. The van der Waals surface area contributed by atoms with Gasteiger partial charge in [-0.1, -0.05) is 11.2 Å². The Labute approximate surface area is 160 Å². The van der Waals surface area contributed by atoms with Crippen LogP contribution in [-0.2, 0) is 14.8 Å². The molecule has 0 aliphatic heterocycles. The molecule has 2 N–H and O–H groups in total. The van der Waals surface area contributed by atoms with Gasteiger partial charge in [0.15, 0.2) is 0 Å². The van der Waals surface area contributed by atoms with Crippen LogP contribution in [0.3, 0.4) is 0 Å². The first-order chi connectivity index (χ1) is 12.8. The molecule has 9 heteroatoms. The van der Waals surface area contributed by atoms with Crippen LogP contribution in [0.15, 0.2) is 57.3 Å². The van der Waals surface area contributed by atoms with Gasteiger partial charge in [-0.05, 0) is 55.6 Å². The molecule has 0 atom stereocenters. The van der Waals surface area contributed by atoms with Crippen LogP contribution in [0.1, 0.15) is 16.1 Å². The second kappa shape index (κ2) is 7.77. The third kappa shape index (κ3) is 4.63. The van der Waals surface area contributed by atoms with Crippen LogP contribution < -0.4 is 10.0 Å². The van der Waals surface area contributed by atoms with Crippen molar-refractivity contribution < 1.29 is 17.7 Å². The summed E-state index contributed by atoms with van der Waals surface area (Å²) in [6, 6.07) is 9.64. The largest absolute Gasteiger partial charge is 0.337 e. The molecule has 3 aromatic rings. The smallest absolute Gasteiger partial charge is 0.264 e. The summed E-state index contributed by atoms with van der Waals surface area (Å²) >= 11 is 1.53. The monoisotopic (exact) mass is 403 g/mol. The van der Waals surface area contributed by atoms with Crippen LogP contribution in [0.4, 0.5) is 11.6 Å². The van der Waals surface area contributed by atoms with Gasteiger partial charge in [-0.25, -0.2) is 13.1 Å². The molecule has 0 saturated heterocycles. The van der Waals surface area contributed by atoms with E-state index in [0.29, 0.717) is 16.9 Å². The van der Waals surface area contributed by atoms with Crippen LogP contribution in [-0.4, -0.2) is 19.5 Å². The summed E-state index contributed by atoms with van der Waals surface area (Å²) in [6.45, 7) is 3.44. The Kier molecular flexibility index (Phi) is 5.43. The second-order valence-corrected chi connectivity index (χ2v) is 8.35. The van der Waals surface area contributed by atoms with E-state index in [1.807, 2.05) is 17.5 Å². The predicted molar refractivity (Wildman–Crippen MR) is 105 cm³/mol. The molecule has 27 heavy (non-hydrogen) atoms. The Hall–Kier alpha value is -2.91. The maximum atomic E-state index is 12.4. The van der Waals surface area contributed by atoms with Gasteiger partial charge in [0.25, 0.3) is 10.0 Å². The fourth-order valence-electron chi connectivity index (χ4n) is 2.14. The Balaban J connectivity index is 1.67. The molecule has 140 valence electrons. The summed E-state index contributed by atoms with van der Waals surface area (Å²) in [5, 5.41) is 8.32. The fraction of sp³-hybridized carbons (Fsp3) is 0.111. The first-order valence-electron chi connectivity index (χ1n) is 7.93. The van der Waals surface area contributed by atoms with Crippen LogP contribution in [0.2, 0.25) is 0 Å². The van der Waals surface area contributed by atoms with Crippen LogP contribution in [0.5, 0.6) is 0 Å². The van der Waals surface area contributed by atoms with Crippen molar-refractivity contribution in [3.8, 4) is 0 Å². The number of anilines is 2. The van der Waals surface area contributed by atoms with Gasteiger partial charge in [0.2, 0.25) is 11.8 Å². The summed E-state index contributed by atoms with van der Waals surface area (Å²) in [7, 11) is -3.82. The highest BCUT2D eigenvalue weighted by Gasteiger charge is 2.19. The summed E-state index contributed by atoms with van der Waals surface area (Å²) in [5.41, 5.74) is 1.72. The van der Waals surface area contributed by atoms with E-state index < -0.39 is 10.0 Å². The van der Waals surface area contributed by atoms with Crippen molar-refractivity contribution in [1.82, 2.24) is 5.16 Å². The number of thiophene rings is 1. The van der Waals surface area contributed by atoms with E-state index in [1.54, 1.807) is 19.9 Å². The zero-order chi connectivity index (χ0) is 19.4. The number of carbonyl (C=O) groups is 1. The maximum Gasteiger partial charge on any atom is 0.264 e. The molecule has 0 radical (unpaired) electrons. The van der Waals surface area contributed by atoms with Crippen molar-refractivity contribution in [3.63, 3.8) is 0 Å². The van der Waals surface area contributed by atoms with Gasteiger partial charge >= 0.3 is 0 Å². The molecule has 0 spiro atoms. The van der Waals surface area contributed by atoms with E-state index in [2.05, 4.69) is 15.2 Å². The van der Waals surface area contributed by atoms with E-state index in [9.17, 15) is 13.2 Å². The third-order valence-electron chi connectivity index (χ3n) is 3.76. The quantitative estimate of drug-likeness (QED) is 0.610. The zero-order valence-electron chi connectivity index (χ0n) is 14.6. The number of aromatic nitrogens is 1. The normalized spacial score (nSPS) is 11.6. The van der Waals surface area contributed by atoms with Gasteiger partial charge in [0.05, 0.1) is 10.6 Å². The predicted octanol–water partition coefficient (Wildman–Crippen LogP) is 3.81. The number of sulfonamides is 1. The Bertz CT molecular complexity index is 1070. The number of hydrogen-bond donors (Lipinski definition) is 2. The molecule has 0 fully saturated rings. The standard InChI is InChI=1S/C18H17N3O4S2/c1-12-13(2)20-25-18(12)21-27(23,24)16-8-5-14(6-9-16)19-17(22)10-7-15-4-3-11-26-15/h3-11,21H,1-2H3,(H,19,22). The number of carbonyl (C=O) groups excluding carboxylic acids is 1. The molecule has 0 aliphatic rings. The minimum atomic E-state index is -3.82. The highest BCUT2D eigenvalue weighted by atomic mass is 32.2. The van der Waals surface area contributed by atoms with E-state index in [1.165, 1.54) is 41.7 Å². The van der Waals surface area contributed by atoms with Crippen molar-refractivity contribution in [2.75, 3.05) is 10.0 Å². The second-order valence-electron chi connectivity index (χ2n) is 5.69. The highest BCUT2D eigenvalue weighted by Crippen LogP contribution is 2.22.